The number of benzene rings is 1. The van der Waals surface area contributed by atoms with E-state index in [1.54, 1.807) is 45.4 Å². The summed E-state index contributed by atoms with van der Waals surface area (Å²) < 4.78 is 18.7. The Bertz CT molecular complexity index is 1250. The molecule has 5 rings (SSSR count). The molecule has 1 aromatic rings. The van der Waals surface area contributed by atoms with Crippen molar-refractivity contribution in [3.05, 3.63) is 60.7 Å². The molecule has 4 saturated carbocycles. The lowest BCUT2D eigenvalue weighted by Gasteiger charge is -2.76. The Morgan fingerprint density at radius 3 is 1.74 bits per heavy atom. The number of carbonyl (C=O) groups is 3. The number of carboxylic acid groups (broad SMARTS) is 1. The van der Waals surface area contributed by atoms with Gasteiger partial charge in [0.15, 0.2) is 0 Å². The minimum absolute atomic E-state index is 0.00212. The standard InChI is InChI=1S/C27H42O5.C8H8O2.2C2H6.C2H4.CH4O/c1-15-14-19-18(15)10-13-25(6)21-20(32-17(3)29)11-12-24(4,5)26(21,7)22(30-8)23(31-9)27(19,25)16(2)28;1-6-2-4-7(5-3-6)8(9)10;4*1-2/h18-23H,1,10-14H2,2-9H3;2-5H,1H3,(H,9,10);2*1-2H3;1-2H2;2H,1H3/t18-,19+,20?,21?,22+,23-,25-,26+,27+;;;;;/m0...../s1. The maximum Gasteiger partial charge on any atom is 0.335 e. The second-order valence-corrected chi connectivity index (χ2v) is 14.3. The Labute approximate surface area is 304 Å². The normalized spacial score (nSPS) is 33.8. The zero-order chi connectivity index (χ0) is 39.4. The number of aliphatic hydroxyl groups is 1. The van der Waals surface area contributed by atoms with Crippen LogP contribution < -0.4 is 0 Å². The largest absolute Gasteiger partial charge is 0.478 e. The van der Waals surface area contributed by atoms with Crippen LogP contribution in [0.2, 0.25) is 0 Å². The lowest BCUT2D eigenvalue weighted by atomic mass is 9.29. The van der Waals surface area contributed by atoms with Crippen molar-refractivity contribution in [2.75, 3.05) is 21.3 Å². The third-order valence-corrected chi connectivity index (χ3v) is 12.2. The monoisotopic (exact) mass is 703 g/mol. The number of aliphatic hydroxyl groups excluding tert-OH is 1. The van der Waals surface area contributed by atoms with Crippen molar-refractivity contribution in [3.8, 4) is 0 Å². The van der Waals surface area contributed by atoms with E-state index in [1.165, 1.54) is 12.5 Å². The number of Topliss-reactive ketones (excluding diaryl/α,β-unsaturated/α-hetero) is 1. The first-order chi connectivity index (χ1) is 23.5. The Morgan fingerprint density at radius 2 is 1.34 bits per heavy atom. The SMILES string of the molecule is C=C.C=C1C[C@@H]2[C@H]1CC[C@@]1(C)C3C(OC(C)=O)CCC(C)(C)[C@@]3(C)[C@H](OC)[C@H](OC)[C@@]21C(C)=O.CC.CC.CO.Cc1ccc(C(=O)O)cc1. The number of fused-ring (bicyclic) bond motifs is 5. The Balaban J connectivity index is 0.00000112. The fourth-order valence-electron chi connectivity index (χ4n) is 10.1. The van der Waals surface area contributed by atoms with E-state index < -0.39 is 11.4 Å². The molecule has 4 fully saturated rings. The summed E-state index contributed by atoms with van der Waals surface area (Å²) in [6.45, 7) is 32.7. The van der Waals surface area contributed by atoms with Gasteiger partial charge in [-0.2, -0.15) is 0 Å². The van der Waals surface area contributed by atoms with Crippen molar-refractivity contribution in [2.45, 2.75) is 127 Å². The van der Waals surface area contributed by atoms with E-state index in [1.807, 2.05) is 34.6 Å². The van der Waals surface area contributed by atoms with Gasteiger partial charge in [-0.3, -0.25) is 9.59 Å². The first-order valence-corrected chi connectivity index (χ1v) is 18.2. The minimum Gasteiger partial charge on any atom is -0.478 e. The van der Waals surface area contributed by atoms with Gasteiger partial charge in [0.1, 0.15) is 11.9 Å². The topological polar surface area (TPSA) is 119 Å². The molecule has 50 heavy (non-hydrogen) atoms. The molecule has 0 amide bonds. The highest BCUT2D eigenvalue weighted by atomic mass is 16.5. The van der Waals surface area contributed by atoms with Crippen LogP contribution >= 0.6 is 0 Å². The van der Waals surface area contributed by atoms with Crippen LogP contribution in [-0.2, 0) is 23.8 Å². The van der Waals surface area contributed by atoms with Crippen molar-refractivity contribution in [1.29, 1.82) is 0 Å². The average Bonchev–Trinajstić information content (AvgIpc) is 3.09. The van der Waals surface area contributed by atoms with E-state index in [0.29, 0.717) is 11.5 Å². The molecule has 4 aliphatic rings. The smallest absolute Gasteiger partial charge is 0.335 e. The molecular weight excluding hydrogens is 632 g/mol. The number of esters is 1. The molecule has 0 bridgehead atoms. The summed E-state index contributed by atoms with van der Waals surface area (Å²) in [6, 6.07) is 6.75. The van der Waals surface area contributed by atoms with Gasteiger partial charge in [0, 0.05) is 39.6 Å². The van der Waals surface area contributed by atoms with Crippen molar-refractivity contribution >= 4 is 17.7 Å². The third kappa shape index (κ3) is 7.98. The summed E-state index contributed by atoms with van der Waals surface area (Å²) >= 11 is 0. The predicted octanol–water partition coefficient (Wildman–Crippen LogP) is 9.13. The molecular formula is C42H70O8. The summed E-state index contributed by atoms with van der Waals surface area (Å²) in [6.07, 6.45) is 3.67. The molecule has 0 heterocycles. The van der Waals surface area contributed by atoms with Crippen LogP contribution in [0.3, 0.4) is 0 Å². The Kier molecular flexibility index (Phi) is 18.6. The van der Waals surface area contributed by atoms with Crippen molar-refractivity contribution in [3.63, 3.8) is 0 Å². The van der Waals surface area contributed by atoms with E-state index in [4.69, 9.17) is 24.4 Å². The van der Waals surface area contributed by atoms with Gasteiger partial charge >= 0.3 is 11.9 Å². The van der Waals surface area contributed by atoms with E-state index in [2.05, 4.69) is 47.4 Å². The van der Waals surface area contributed by atoms with Gasteiger partial charge in [0.25, 0.3) is 0 Å². The van der Waals surface area contributed by atoms with Gasteiger partial charge in [-0.05, 0) is 80.8 Å². The Hall–Kier alpha value is -2.81. The van der Waals surface area contributed by atoms with E-state index in [0.717, 1.165) is 44.8 Å². The zero-order valence-electron chi connectivity index (χ0n) is 33.8. The first-order valence-electron chi connectivity index (χ1n) is 18.2. The summed E-state index contributed by atoms with van der Waals surface area (Å²) in [5.74, 6) is -0.389. The number of rotatable bonds is 5. The van der Waals surface area contributed by atoms with Gasteiger partial charge in [-0.25, -0.2) is 4.79 Å². The highest BCUT2D eigenvalue weighted by molar-refractivity contribution is 5.87. The van der Waals surface area contributed by atoms with Gasteiger partial charge in [-0.1, -0.05) is 85.2 Å². The number of carboxylic acids is 1. The van der Waals surface area contributed by atoms with Crippen molar-refractivity contribution in [2.24, 2.45) is 39.4 Å². The van der Waals surface area contributed by atoms with Crippen molar-refractivity contribution in [1.82, 2.24) is 0 Å². The molecule has 8 nitrogen and oxygen atoms in total. The lowest BCUT2D eigenvalue weighted by molar-refractivity contribution is -0.332. The minimum atomic E-state index is -0.875. The maximum absolute atomic E-state index is 13.9. The molecule has 286 valence electrons. The first kappa shape index (κ1) is 47.2. The van der Waals surface area contributed by atoms with Gasteiger partial charge in [-0.15, -0.1) is 13.2 Å². The maximum atomic E-state index is 13.9. The Morgan fingerprint density at radius 1 is 0.840 bits per heavy atom. The predicted molar refractivity (Wildman–Crippen MR) is 203 cm³/mol. The molecule has 0 radical (unpaired) electrons. The number of aryl methyl sites for hydroxylation is 1. The average molecular weight is 703 g/mol. The zero-order valence-corrected chi connectivity index (χ0v) is 33.8. The number of ether oxygens (including phenoxy) is 3. The number of carbonyl (C=O) groups excluding carboxylic acids is 2. The molecule has 1 aromatic carbocycles. The summed E-state index contributed by atoms with van der Waals surface area (Å²) in [4.78, 5) is 36.4. The molecule has 8 heteroatoms. The fraction of sp³-hybridized carbons (Fsp3) is 0.690. The van der Waals surface area contributed by atoms with Crippen molar-refractivity contribution < 1.29 is 38.8 Å². The third-order valence-electron chi connectivity index (χ3n) is 12.2. The van der Waals surface area contributed by atoms with Crippen LogP contribution in [0.1, 0.15) is 117 Å². The van der Waals surface area contributed by atoms with E-state index in [9.17, 15) is 14.4 Å². The van der Waals surface area contributed by atoms with Gasteiger partial charge < -0.3 is 24.4 Å². The highest BCUT2D eigenvalue weighted by Gasteiger charge is 2.80. The fourth-order valence-corrected chi connectivity index (χ4v) is 10.1. The summed E-state index contributed by atoms with van der Waals surface area (Å²) in [5, 5.41) is 15.5. The lowest BCUT2D eigenvalue weighted by Crippen LogP contribution is -2.80. The molecule has 2 unspecified atom stereocenters. The summed E-state index contributed by atoms with van der Waals surface area (Å²) in [5.41, 5.74) is 1.21. The molecule has 2 N–H and O–H groups in total. The van der Waals surface area contributed by atoms with Crippen LogP contribution in [0.25, 0.3) is 0 Å². The molecule has 0 spiro atoms. The molecule has 4 aliphatic carbocycles. The van der Waals surface area contributed by atoms with Crippen LogP contribution in [0.15, 0.2) is 49.6 Å². The molecule has 9 atom stereocenters. The number of methoxy groups -OCH3 is 2. The number of aromatic carboxylic acids is 1. The molecule has 0 aromatic heterocycles. The van der Waals surface area contributed by atoms with E-state index in [-0.39, 0.29) is 58.1 Å². The van der Waals surface area contributed by atoms with Crippen LogP contribution in [-0.4, -0.2) is 67.6 Å². The van der Waals surface area contributed by atoms with Crippen LogP contribution in [0.5, 0.6) is 0 Å². The number of hydrogen-bond acceptors (Lipinski definition) is 7. The second kappa shape index (κ2) is 19.7. The number of ketones is 1. The quantitative estimate of drug-likeness (QED) is 0.230. The molecule has 0 saturated heterocycles. The van der Waals surface area contributed by atoms with Gasteiger partial charge in [0.05, 0.1) is 23.2 Å². The number of hydrogen-bond donors (Lipinski definition) is 2. The van der Waals surface area contributed by atoms with E-state index >= 15 is 0 Å². The van der Waals surface area contributed by atoms with Gasteiger partial charge in [0.2, 0.25) is 0 Å². The molecule has 0 aliphatic heterocycles. The second-order valence-electron chi connectivity index (χ2n) is 14.3. The number of allylic oxidation sites excluding steroid dienone is 1. The highest BCUT2D eigenvalue weighted by Crippen LogP contribution is 2.77. The summed E-state index contributed by atoms with van der Waals surface area (Å²) in [7, 11) is 4.49. The van der Waals surface area contributed by atoms with Crippen LogP contribution in [0.4, 0.5) is 0 Å². The van der Waals surface area contributed by atoms with Crippen LogP contribution in [0, 0.1) is 46.3 Å².